The average Bonchev–Trinajstić information content (AvgIpc) is 2.71. The van der Waals surface area contributed by atoms with E-state index in [0.717, 1.165) is 16.8 Å². The minimum atomic E-state index is -5.32. The van der Waals surface area contributed by atoms with Crippen LogP contribution in [0.4, 0.5) is 0 Å². The van der Waals surface area contributed by atoms with E-state index in [1.165, 1.54) is 0 Å². The van der Waals surface area contributed by atoms with Crippen molar-refractivity contribution in [2.45, 2.75) is 24.5 Å². The third kappa shape index (κ3) is 6.17. The number of ether oxygens (including phenoxy) is 1. The summed E-state index contributed by atoms with van der Waals surface area (Å²) >= 11 is 0. The van der Waals surface area contributed by atoms with Crippen molar-refractivity contribution < 1.29 is 78.6 Å². The molecule has 1 fully saturated rings. The van der Waals surface area contributed by atoms with Crippen molar-refractivity contribution >= 4 is 15.6 Å². The minimum Gasteiger partial charge on any atom is -1.00 e. The molecule has 6 N–H and O–H groups in total. The Bertz CT molecular complexity index is 841. The number of hydrogen-bond donors (Lipinski definition) is 6. The van der Waals surface area contributed by atoms with Crippen molar-refractivity contribution in [3.8, 4) is 0 Å². The topological polar surface area (TPSA) is 218 Å². The van der Waals surface area contributed by atoms with Crippen LogP contribution < -0.4 is 40.8 Å². The summed E-state index contributed by atoms with van der Waals surface area (Å²) in [7, 11) is -10.5. The second-order valence-electron chi connectivity index (χ2n) is 4.90. The van der Waals surface area contributed by atoms with Gasteiger partial charge in [-0.3, -0.25) is 18.9 Å². The minimum absolute atomic E-state index is 0. The molecule has 2 rings (SSSR count). The zero-order valence-corrected chi connectivity index (χ0v) is 16.9. The molecule has 5 atom stereocenters. The van der Waals surface area contributed by atoms with Crippen molar-refractivity contribution in [2.24, 2.45) is 0 Å². The molecule has 0 radical (unpaired) electrons. The fraction of sp³-hybridized carbons (Fsp3) is 0.556. The molecule has 1 aromatic rings. The number of hydrogen-bond acceptors (Lipinski definition) is 9. The molecule has 26 heavy (non-hydrogen) atoms. The van der Waals surface area contributed by atoms with E-state index in [1.807, 2.05) is 4.98 Å². The molecular weight excluding hydrogens is 413 g/mol. The summed E-state index contributed by atoms with van der Waals surface area (Å²) < 4.78 is 35.6. The molecule has 0 bridgehead atoms. The van der Waals surface area contributed by atoms with E-state index in [0.29, 0.717) is 0 Å². The van der Waals surface area contributed by atoms with Gasteiger partial charge in [-0.15, -0.1) is 0 Å². The van der Waals surface area contributed by atoms with Gasteiger partial charge in [0.25, 0.3) is 5.56 Å². The van der Waals surface area contributed by atoms with Gasteiger partial charge in [0.15, 0.2) is 6.23 Å². The zero-order chi connectivity index (χ0) is 19.0. The van der Waals surface area contributed by atoms with Crippen LogP contribution in [0.1, 0.15) is 7.65 Å². The number of nitrogens with one attached hydrogen (secondary N) is 1. The normalized spacial score (nSPS) is 28.3. The Morgan fingerprint density at radius 3 is 2.38 bits per heavy atom. The van der Waals surface area contributed by atoms with E-state index >= 15 is 0 Å². The van der Waals surface area contributed by atoms with Gasteiger partial charge in [-0.1, -0.05) is 0 Å². The largest absolute Gasteiger partial charge is 1.00 e. The SMILES string of the molecule is O=c1ccn([C@@H]2O[C@H](COP(=O)(O)OP(=O)(O)O)[C@@H](O)[C@H]2O)c(=O)[nH]1.[H-].[Na+]. The second-order valence-corrected chi connectivity index (χ2v) is 7.73. The number of aliphatic hydroxyl groups excluding tert-OH is 2. The summed E-state index contributed by atoms with van der Waals surface area (Å²) in [5.41, 5.74) is -1.65. The Hall–Kier alpha value is -0.180. The Balaban J connectivity index is 0.00000338. The molecule has 1 unspecified atom stereocenters. The smallest absolute Gasteiger partial charge is 1.00 e. The average molecular weight is 428 g/mol. The first-order valence-electron chi connectivity index (χ1n) is 6.47. The van der Waals surface area contributed by atoms with Crippen molar-refractivity contribution in [3.63, 3.8) is 0 Å². The molecule has 1 saturated heterocycles. The van der Waals surface area contributed by atoms with Crippen LogP contribution in [-0.2, 0) is 22.7 Å². The number of phosphoric ester groups is 1. The third-order valence-electron chi connectivity index (χ3n) is 3.07. The number of aromatic nitrogens is 2. The van der Waals surface area contributed by atoms with Crippen molar-refractivity contribution in [1.29, 1.82) is 0 Å². The summed E-state index contributed by atoms with van der Waals surface area (Å²) in [6.45, 7) is -0.902. The number of H-pyrrole nitrogens is 1. The molecule has 1 aliphatic heterocycles. The van der Waals surface area contributed by atoms with E-state index in [4.69, 9.17) is 19.4 Å². The molecule has 0 aromatic carbocycles. The van der Waals surface area contributed by atoms with Crippen LogP contribution >= 0.6 is 15.6 Å². The molecule has 2 heterocycles. The first-order valence-corrected chi connectivity index (χ1v) is 9.49. The van der Waals surface area contributed by atoms with Gasteiger partial charge in [0.1, 0.15) is 18.3 Å². The van der Waals surface area contributed by atoms with Gasteiger partial charge >= 0.3 is 50.9 Å². The van der Waals surface area contributed by atoms with Crippen LogP contribution in [-0.4, -0.2) is 59.4 Å². The molecule has 14 nitrogen and oxygen atoms in total. The van der Waals surface area contributed by atoms with Crippen LogP contribution in [0, 0.1) is 0 Å². The fourth-order valence-electron chi connectivity index (χ4n) is 2.05. The van der Waals surface area contributed by atoms with Gasteiger partial charge in [0, 0.05) is 12.3 Å². The van der Waals surface area contributed by atoms with Gasteiger partial charge in [0.05, 0.1) is 6.61 Å². The van der Waals surface area contributed by atoms with E-state index in [-0.39, 0.29) is 31.0 Å². The molecule has 0 saturated carbocycles. The maximum atomic E-state index is 11.7. The maximum Gasteiger partial charge on any atom is 1.00 e. The first kappa shape index (κ1) is 23.9. The van der Waals surface area contributed by atoms with Crippen LogP contribution in [0.15, 0.2) is 21.9 Å². The maximum absolute atomic E-state index is 11.7. The second kappa shape index (κ2) is 8.88. The Kier molecular flexibility index (Phi) is 8.15. The Morgan fingerprint density at radius 2 is 1.85 bits per heavy atom. The monoisotopic (exact) mass is 428 g/mol. The van der Waals surface area contributed by atoms with Gasteiger partial charge in [-0.2, -0.15) is 4.31 Å². The van der Waals surface area contributed by atoms with Gasteiger partial charge in [-0.05, 0) is 0 Å². The number of aromatic amines is 1. The van der Waals surface area contributed by atoms with Crippen LogP contribution in [0.2, 0.25) is 0 Å². The van der Waals surface area contributed by atoms with Crippen molar-refractivity contribution in [3.05, 3.63) is 33.1 Å². The van der Waals surface area contributed by atoms with Crippen molar-refractivity contribution in [2.75, 3.05) is 6.61 Å². The molecule has 144 valence electrons. The molecule has 1 aliphatic rings. The first-order chi connectivity index (χ1) is 11.4. The fourth-order valence-corrected chi connectivity index (χ4v) is 3.65. The molecule has 17 heteroatoms. The summed E-state index contributed by atoms with van der Waals surface area (Å²) in [6, 6.07) is 0.962. The molecule has 0 aliphatic carbocycles. The van der Waals surface area contributed by atoms with E-state index < -0.39 is 58.0 Å². The van der Waals surface area contributed by atoms with Crippen LogP contribution in [0.25, 0.3) is 0 Å². The van der Waals surface area contributed by atoms with Gasteiger partial charge < -0.3 is 31.1 Å². The number of aliphatic hydroxyl groups is 2. The molecule has 0 spiro atoms. The standard InChI is InChI=1S/C9H14N2O12P2.Na.H/c12-5-1-2-11(9(15)10-5)8-7(14)6(13)4(22-8)3-21-25(19,20)23-24(16,17)18;;/h1-2,4,6-8,13-14H,3H2,(H,19,20)(H,10,12,15)(H2,16,17,18);;/q;+1;-1/t4-,6-,7-,8-;;/m1../s1. The molecular formula is C9H15N2NaO12P2. The van der Waals surface area contributed by atoms with Gasteiger partial charge in [0.2, 0.25) is 0 Å². The van der Waals surface area contributed by atoms with E-state index in [2.05, 4.69) is 8.83 Å². The summed E-state index contributed by atoms with van der Waals surface area (Å²) in [4.78, 5) is 50.7. The predicted molar refractivity (Wildman–Crippen MR) is 77.3 cm³/mol. The van der Waals surface area contributed by atoms with Gasteiger partial charge in [-0.25, -0.2) is 13.9 Å². The summed E-state index contributed by atoms with van der Waals surface area (Å²) in [5.74, 6) is 0. The quantitative estimate of drug-likeness (QED) is 0.185. The van der Waals surface area contributed by atoms with Crippen LogP contribution in [0.5, 0.6) is 0 Å². The third-order valence-corrected chi connectivity index (χ3v) is 5.23. The molecule has 0 amide bonds. The van der Waals surface area contributed by atoms with E-state index in [1.54, 1.807) is 0 Å². The Morgan fingerprint density at radius 1 is 1.23 bits per heavy atom. The van der Waals surface area contributed by atoms with Crippen LogP contribution in [0.3, 0.4) is 0 Å². The van der Waals surface area contributed by atoms with E-state index in [9.17, 15) is 28.9 Å². The molecule has 1 aromatic heterocycles. The number of nitrogens with zero attached hydrogens (tertiary/aromatic N) is 1. The Labute approximate surface area is 168 Å². The summed E-state index contributed by atoms with van der Waals surface area (Å²) in [5, 5.41) is 19.8. The number of rotatable bonds is 6. The van der Waals surface area contributed by atoms with Crippen molar-refractivity contribution in [1.82, 2.24) is 9.55 Å². The number of phosphoric acid groups is 2. The zero-order valence-electron chi connectivity index (χ0n) is 14.1. The summed E-state index contributed by atoms with van der Waals surface area (Å²) in [6.07, 6.45) is -5.25. The predicted octanol–water partition coefficient (Wildman–Crippen LogP) is -5.50.